The van der Waals surface area contributed by atoms with Gasteiger partial charge in [-0.2, -0.15) is 0 Å². The molecule has 0 bridgehead atoms. The Labute approximate surface area is 140 Å². The molecule has 0 aromatic heterocycles. The number of hydrogen-bond acceptors (Lipinski definition) is 3. The maximum Gasteiger partial charge on any atom is 0.191 e. The van der Waals surface area contributed by atoms with E-state index in [-0.39, 0.29) is 0 Å². The monoisotopic (exact) mass is 321 g/mol. The molecular weight excluding hydrogens is 290 g/mol. The first-order valence-electron chi connectivity index (χ1n) is 8.53. The first-order chi connectivity index (χ1) is 11.3. The highest BCUT2D eigenvalue weighted by Crippen LogP contribution is 2.11. The van der Waals surface area contributed by atoms with Gasteiger partial charge in [-0.25, -0.2) is 0 Å². The van der Waals surface area contributed by atoms with Crippen LogP contribution in [0.3, 0.4) is 0 Å². The minimum atomic E-state index is 0.791. The smallest absolute Gasteiger partial charge is 0.191 e. The molecule has 0 fully saturated rings. The summed E-state index contributed by atoms with van der Waals surface area (Å²) in [6, 6.07) is 8.18. The SMILES string of the molecule is CCNC(=NCCCCOCC)NCCc1ccc(OC)cc1. The van der Waals surface area contributed by atoms with Gasteiger partial charge in [0, 0.05) is 32.8 Å². The van der Waals surface area contributed by atoms with Crippen molar-refractivity contribution < 1.29 is 9.47 Å². The Hall–Kier alpha value is -1.75. The van der Waals surface area contributed by atoms with E-state index in [9.17, 15) is 0 Å². The minimum Gasteiger partial charge on any atom is -0.497 e. The first kappa shape index (κ1) is 19.3. The minimum absolute atomic E-state index is 0.791. The second kappa shape index (κ2) is 12.8. The van der Waals surface area contributed by atoms with Crippen LogP contribution in [-0.2, 0) is 11.2 Å². The summed E-state index contributed by atoms with van der Waals surface area (Å²) in [5.74, 6) is 1.78. The Balaban J connectivity index is 2.28. The number of nitrogens with one attached hydrogen (secondary N) is 2. The number of nitrogens with zero attached hydrogens (tertiary/aromatic N) is 1. The van der Waals surface area contributed by atoms with Gasteiger partial charge in [-0.05, 0) is 50.8 Å². The number of methoxy groups -OCH3 is 1. The van der Waals surface area contributed by atoms with E-state index in [1.54, 1.807) is 7.11 Å². The predicted molar refractivity (Wildman–Crippen MR) is 96.4 cm³/mol. The molecule has 0 aliphatic carbocycles. The van der Waals surface area contributed by atoms with Gasteiger partial charge < -0.3 is 20.1 Å². The van der Waals surface area contributed by atoms with Gasteiger partial charge >= 0.3 is 0 Å². The van der Waals surface area contributed by atoms with E-state index >= 15 is 0 Å². The lowest BCUT2D eigenvalue weighted by atomic mass is 10.1. The lowest BCUT2D eigenvalue weighted by Gasteiger charge is -2.11. The van der Waals surface area contributed by atoms with E-state index in [1.165, 1.54) is 5.56 Å². The van der Waals surface area contributed by atoms with Gasteiger partial charge in [-0.3, -0.25) is 4.99 Å². The standard InChI is InChI=1S/C18H31N3O2/c1-4-19-18(20-13-6-7-15-23-5-2)21-14-12-16-8-10-17(22-3)11-9-16/h8-11H,4-7,12-15H2,1-3H3,(H2,19,20,21). The van der Waals surface area contributed by atoms with Gasteiger partial charge in [0.05, 0.1) is 7.11 Å². The Morgan fingerprint density at radius 2 is 1.87 bits per heavy atom. The first-order valence-corrected chi connectivity index (χ1v) is 8.53. The third-order valence-electron chi connectivity index (χ3n) is 3.38. The highest BCUT2D eigenvalue weighted by atomic mass is 16.5. The van der Waals surface area contributed by atoms with Crippen LogP contribution in [0.4, 0.5) is 0 Å². The van der Waals surface area contributed by atoms with E-state index in [0.29, 0.717) is 0 Å². The van der Waals surface area contributed by atoms with Crippen LogP contribution in [0.1, 0.15) is 32.3 Å². The summed E-state index contributed by atoms with van der Waals surface area (Å²) in [4.78, 5) is 4.59. The van der Waals surface area contributed by atoms with Gasteiger partial charge in [0.15, 0.2) is 5.96 Å². The third kappa shape index (κ3) is 9.08. The number of hydrogen-bond donors (Lipinski definition) is 2. The molecule has 0 radical (unpaired) electrons. The van der Waals surface area contributed by atoms with Gasteiger partial charge in [0.25, 0.3) is 0 Å². The third-order valence-corrected chi connectivity index (χ3v) is 3.38. The van der Waals surface area contributed by atoms with Gasteiger partial charge in [-0.15, -0.1) is 0 Å². The highest BCUT2D eigenvalue weighted by molar-refractivity contribution is 5.79. The molecule has 0 aliphatic rings. The summed E-state index contributed by atoms with van der Waals surface area (Å²) < 4.78 is 10.5. The fourth-order valence-electron chi connectivity index (χ4n) is 2.11. The van der Waals surface area contributed by atoms with Gasteiger partial charge in [0.1, 0.15) is 5.75 Å². The van der Waals surface area contributed by atoms with Crippen LogP contribution in [0.2, 0.25) is 0 Å². The number of rotatable bonds is 11. The molecule has 0 atom stereocenters. The molecule has 0 amide bonds. The van der Waals surface area contributed by atoms with Crippen molar-refractivity contribution in [2.45, 2.75) is 33.1 Å². The van der Waals surface area contributed by atoms with Crippen molar-refractivity contribution in [2.75, 3.05) is 40.0 Å². The maximum atomic E-state index is 5.33. The van der Waals surface area contributed by atoms with Crippen molar-refractivity contribution in [1.29, 1.82) is 0 Å². The van der Waals surface area contributed by atoms with Crippen LogP contribution < -0.4 is 15.4 Å². The molecule has 5 heteroatoms. The van der Waals surface area contributed by atoms with Crippen molar-refractivity contribution in [2.24, 2.45) is 4.99 Å². The van der Waals surface area contributed by atoms with Crippen LogP contribution >= 0.6 is 0 Å². The maximum absolute atomic E-state index is 5.33. The van der Waals surface area contributed by atoms with E-state index in [4.69, 9.17) is 9.47 Å². The second-order valence-corrected chi connectivity index (χ2v) is 5.19. The summed E-state index contributed by atoms with van der Waals surface area (Å²) in [7, 11) is 1.68. The second-order valence-electron chi connectivity index (χ2n) is 5.19. The Morgan fingerprint density at radius 3 is 2.52 bits per heavy atom. The fraction of sp³-hybridized carbons (Fsp3) is 0.611. The summed E-state index contributed by atoms with van der Waals surface area (Å²) in [6.45, 7) is 8.27. The summed E-state index contributed by atoms with van der Waals surface area (Å²) in [5, 5.41) is 6.65. The Kier molecular flexibility index (Phi) is 10.7. The lowest BCUT2D eigenvalue weighted by Crippen LogP contribution is -2.38. The molecule has 2 N–H and O–H groups in total. The molecule has 0 aliphatic heterocycles. The highest BCUT2D eigenvalue weighted by Gasteiger charge is 1.98. The van der Waals surface area contributed by atoms with Crippen LogP contribution in [-0.4, -0.2) is 45.9 Å². The van der Waals surface area contributed by atoms with Crippen molar-refractivity contribution in [1.82, 2.24) is 10.6 Å². The zero-order valence-electron chi connectivity index (χ0n) is 14.7. The van der Waals surface area contributed by atoms with Crippen LogP contribution in [0.25, 0.3) is 0 Å². The lowest BCUT2D eigenvalue weighted by molar-refractivity contribution is 0.144. The predicted octanol–water partition coefficient (Wildman–Crippen LogP) is 2.61. The van der Waals surface area contributed by atoms with Crippen molar-refractivity contribution in [3.05, 3.63) is 29.8 Å². The summed E-state index contributed by atoms with van der Waals surface area (Å²) in [6.07, 6.45) is 3.07. The largest absolute Gasteiger partial charge is 0.497 e. The average Bonchev–Trinajstić information content (AvgIpc) is 2.58. The molecule has 1 rings (SSSR count). The van der Waals surface area contributed by atoms with E-state index in [2.05, 4.69) is 34.7 Å². The molecule has 5 nitrogen and oxygen atoms in total. The normalized spacial score (nSPS) is 11.3. The molecule has 23 heavy (non-hydrogen) atoms. The van der Waals surface area contributed by atoms with Crippen LogP contribution in [0.15, 0.2) is 29.3 Å². The topological polar surface area (TPSA) is 54.9 Å². The molecule has 0 saturated heterocycles. The van der Waals surface area contributed by atoms with Crippen molar-refractivity contribution >= 4 is 5.96 Å². The molecule has 0 heterocycles. The number of aliphatic imine (C=N–C) groups is 1. The van der Waals surface area contributed by atoms with Crippen molar-refractivity contribution in [3.8, 4) is 5.75 Å². The fourth-order valence-corrected chi connectivity index (χ4v) is 2.11. The van der Waals surface area contributed by atoms with Crippen molar-refractivity contribution in [3.63, 3.8) is 0 Å². The Bertz CT molecular complexity index is 432. The summed E-state index contributed by atoms with van der Waals surface area (Å²) in [5.41, 5.74) is 1.28. The molecular formula is C18H31N3O2. The zero-order valence-corrected chi connectivity index (χ0v) is 14.7. The molecule has 0 saturated carbocycles. The summed E-state index contributed by atoms with van der Waals surface area (Å²) >= 11 is 0. The molecule has 130 valence electrons. The Morgan fingerprint density at radius 1 is 1.09 bits per heavy atom. The molecule has 1 aromatic rings. The zero-order chi connectivity index (χ0) is 16.8. The number of benzene rings is 1. The van der Waals surface area contributed by atoms with Gasteiger partial charge in [-0.1, -0.05) is 12.1 Å². The molecule has 1 aromatic carbocycles. The molecule has 0 unspecified atom stereocenters. The number of guanidine groups is 1. The average molecular weight is 321 g/mol. The quantitative estimate of drug-likeness (QED) is 0.374. The van der Waals surface area contributed by atoms with E-state index < -0.39 is 0 Å². The van der Waals surface area contributed by atoms with Gasteiger partial charge in [0.2, 0.25) is 0 Å². The number of ether oxygens (including phenoxy) is 2. The van der Waals surface area contributed by atoms with Crippen LogP contribution in [0.5, 0.6) is 5.75 Å². The van der Waals surface area contributed by atoms with E-state index in [1.807, 2.05) is 19.1 Å². The number of unbranched alkanes of at least 4 members (excludes halogenated alkanes) is 1. The van der Waals surface area contributed by atoms with Crippen LogP contribution in [0, 0.1) is 0 Å². The molecule has 0 spiro atoms. The van der Waals surface area contributed by atoms with E-state index in [0.717, 1.165) is 63.8 Å².